The Morgan fingerprint density at radius 1 is 1.03 bits per heavy atom. The third-order valence-corrected chi connectivity index (χ3v) is 6.65. The molecular formula is C22H25BrN4OS. The zero-order chi connectivity index (χ0) is 20.1. The normalized spacial score (nSPS) is 14.4. The van der Waals surface area contributed by atoms with Crippen LogP contribution in [0.2, 0.25) is 0 Å². The second-order valence-electron chi connectivity index (χ2n) is 7.20. The number of methoxy groups -OCH3 is 1. The van der Waals surface area contributed by atoms with Crippen LogP contribution in [0.4, 0.5) is 0 Å². The summed E-state index contributed by atoms with van der Waals surface area (Å²) >= 11 is 5.27. The van der Waals surface area contributed by atoms with E-state index in [1.807, 2.05) is 12.1 Å². The molecule has 0 saturated carbocycles. The molecule has 1 aliphatic heterocycles. The number of nitrogens with zero attached hydrogens (tertiary/aromatic N) is 4. The van der Waals surface area contributed by atoms with E-state index in [0.29, 0.717) is 0 Å². The SMILES string of the molecule is COc1ccc(Br)cc1CSc1nnc(CN2CCCC2)n1Cc1ccccc1. The van der Waals surface area contributed by atoms with Crippen LogP contribution in [0.25, 0.3) is 0 Å². The Morgan fingerprint density at radius 3 is 2.59 bits per heavy atom. The molecule has 1 fully saturated rings. The van der Waals surface area contributed by atoms with Gasteiger partial charge in [-0.1, -0.05) is 58.0 Å². The highest BCUT2D eigenvalue weighted by molar-refractivity contribution is 9.10. The Hall–Kier alpha value is -1.83. The molecule has 0 unspecified atom stereocenters. The first kappa shape index (κ1) is 20.4. The number of hydrogen-bond acceptors (Lipinski definition) is 5. The minimum atomic E-state index is 0.777. The van der Waals surface area contributed by atoms with Crippen molar-refractivity contribution in [3.63, 3.8) is 0 Å². The van der Waals surface area contributed by atoms with Gasteiger partial charge in [0, 0.05) is 15.8 Å². The number of halogens is 1. The number of benzene rings is 2. The second kappa shape index (κ2) is 9.78. The molecule has 0 amide bonds. The number of likely N-dealkylation sites (tertiary alicyclic amines) is 1. The molecule has 4 rings (SSSR count). The van der Waals surface area contributed by atoms with Crippen LogP contribution in [0.15, 0.2) is 58.2 Å². The van der Waals surface area contributed by atoms with Crippen LogP contribution in [-0.2, 0) is 18.8 Å². The Kier molecular flexibility index (Phi) is 6.90. The van der Waals surface area contributed by atoms with Crippen molar-refractivity contribution in [3.05, 3.63) is 70.0 Å². The minimum absolute atomic E-state index is 0.777. The summed E-state index contributed by atoms with van der Waals surface area (Å²) in [7, 11) is 1.71. The van der Waals surface area contributed by atoms with E-state index in [1.165, 1.54) is 18.4 Å². The van der Waals surface area contributed by atoms with E-state index in [2.05, 4.69) is 72.0 Å². The molecule has 0 N–H and O–H groups in total. The van der Waals surface area contributed by atoms with Crippen molar-refractivity contribution in [1.82, 2.24) is 19.7 Å². The average molecular weight is 473 g/mol. The van der Waals surface area contributed by atoms with Gasteiger partial charge in [-0.05, 0) is 49.7 Å². The van der Waals surface area contributed by atoms with Crippen molar-refractivity contribution in [1.29, 1.82) is 0 Å². The summed E-state index contributed by atoms with van der Waals surface area (Å²) in [6.07, 6.45) is 2.55. The van der Waals surface area contributed by atoms with Crippen LogP contribution >= 0.6 is 27.7 Å². The van der Waals surface area contributed by atoms with Gasteiger partial charge in [0.05, 0.1) is 20.2 Å². The van der Waals surface area contributed by atoms with Gasteiger partial charge in [0.2, 0.25) is 0 Å². The lowest BCUT2D eigenvalue weighted by Gasteiger charge is -2.16. The van der Waals surface area contributed by atoms with Crippen molar-refractivity contribution in [2.24, 2.45) is 0 Å². The molecule has 2 aromatic carbocycles. The molecule has 1 aromatic heterocycles. The molecule has 5 nitrogen and oxygen atoms in total. The summed E-state index contributed by atoms with van der Waals surface area (Å²) in [4.78, 5) is 2.47. The maximum absolute atomic E-state index is 5.52. The molecule has 1 aliphatic rings. The Labute approximate surface area is 184 Å². The van der Waals surface area contributed by atoms with Gasteiger partial charge >= 0.3 is 0 Å². The zero-order valence-corrected chi connectivity index (χ0v) is 19.0. The van der Waals surface area contributed by atoms with E-state index < -0.39 is 0 Å². The lowest BCUT2D eigenvalue weighted by atomic mass is 10.2. The number of thioether (sulfide) groups is 1. The zero-order valence-electron chi connectivity index (χ0n) is 16.6. The molecule has 0 aliphatic carbocycles. The third kappa shape index (κ3) is 5.21. The van der Waals surface area contributed by atoms with Crippen LogP contribution in [0.1, 0.15) is 29.8 Å². The monoisotopic (exact) mass is 472 g/mol. The van der Waals surface area contributed by atoms with E-state index in [1.54, 1.807) is 18.9 Å². The van der Waals surface area contributed by atoms with E-state index in [0.717, 1.165) is 58.7 Å². The molecule has 0 spiro atoms. The molecule has 1 saturated heterocycles. The van der Waals surface area contributed by atoms with E-state index in [9.17, 15) is 0 Å². The molecular weight excluding hydrogens is 448 g/mol. The third-order valence-electron chi connectivity index (χ3n) is 5.14. The van der Waals surface area contributed by atoms with Crippen LogP contribution in [0, 0.1) is 0 Å². The standard InChI is InChI=1S/C22H25BrN4OS/c1-28-20-10-9-19(23)13-18(20)16-29-22-25-24-21(15-26-11-5-6-12-26)27(22)14-17-7-3-2-4-8-17/h2-4,7-10,13H,5-6,11-12,14-16H2,1H3. The van der Waals surface area contributed by atoms with E-state index in [4.69, 9.17) is 4.74 Å². The van der Waals surface area contributed by atoms with Gasteiger partial charge in [-0.2, -0.15) is 0 Å². The van der Waals surface area contributed by atoms with E-state index >= 15 is 0 Å². The molecule has 29 heavy (non-hydrogen) atoms. The Morgan fingerprint density at radius 2 is 1.83 bits per heavy atom. The predicted molar refractivity (Wildman–Crippen MR) is 120 cm³/mol. The fourth-order valence-electron chi connectivity index (χ4n) is 3.61. The van der Waals surface area contributed by atoms with Crippen LogP contribution in [0.3, 0.4) is 0 Å². The molecule has 0 atom stereocenters. The molecule has 2 heterocycles. The predicted octanol–water partition coefficient (Wildman–Crippen LogP) is 4.99. The summed E-state index contributed by atoms with van der Waals surface area (Å²) in [5.41, 5.74) is 2.40. The first-order valence-electron chi connectivity index (χ1n) is 9.86. The average Bonchev–Trinajstić information content (AvgIpc) is 3.38. The topological polar surface area (TPSA) is 43.2 Å². The maximum Gasteiger partial charge on any atom is 0.191 e. The smallest absolute Gasteiger partial charge is 0.191 e. The quantitative estimate of drug-likeness (QED) is 0.432. The van der Waals surface area contributed by atoms with Crippen molar-refractivity contribution >= 4 is 27.7 Å². The first-order chi connectivity index (χ1) is 14.2. The van der Waals surface area contributed by atoms with Gasteiger partial charge in [-0.15, -0.1) is 10.2 Å². The first-order valence-corrected chi connectivity index (χ1v) is 11.6. The van der Waals surface area contributed by atoms with Gasteiger partial charge in [-0.3, -0.25) is 4.90 Å². The number of ether oxygens (including phenoxy) is 1. The molecule has 152 valence electrons. The fraction of sp³-hybridized carbons (Fsp3) is 0.364. The highest BCUT2D eigenvalue weighted by Crippen LogP contribution is 2.30. The van der Waals surface area contributed by atoms with Crippen molar-refractivity contribution < 1.29 is 4.74 Å². The largest absolute Gasteiger partial charge is 0.496 e. The molecule has 7 heteroatoms. The minimum Gasteiger partial charge on any atom is -0.496 e. The Balaban J connectivity index is 1.57. The number of hydrogen-bond donors (Lipinski definition) is 0. The van der Waals surface area contributed by atoms with Gasteiger partial charge in [-0.25, -0.2) is 0 Å². The maximum atomic E-state index is 5.52. The van der Waals surface area contributed by atoms with E-state index in [-0.39, 0.29) is 0 Å². The van der Waals surface area contributed by atoms with Gasteiger partial charge in [0.25, 0.3) is 0 Å². The lowest BCUT2D eigenvalue weighted by Crippen LogP contribution is -2.21. The van der Waals surface area contributed by atoms with Gasteiger partial charge in [0.1, 0.15) is 11.6 Å². The van der Waals surface area contributed by atoms with Crippen LogP contribution < -0.4 is 4.74 Å². The fourth-order valence-corrected chi connectivity index (χ4v) is 4.95. The molecule has 0 bridgehead atoms. The van der Waals surface area contributed by atoms with Crippen molar-refractivity contribution in [3.8, 4) is 5.75 Å². The van der Waals surface area contributed by atoms with Crippen molar-refractivity contribution in [2.45, 2.75) is 36.8 Å². The second-order valence-corrected chi connectivity index (χ2v) is 9.06. The number of aromatic nitrogens is 3. The van der Waals surface area contributed by atoms with Gasteiger partial charge in [0.15, 0.2) is 5.16 Å². The summed E-state index contributed by atoms with van der Waals surface area (Å²) < 4.78 is 8.84. The molecule has 3 aromatic rings. The van der Waals surface area contributed by atoms with Crippen LogP contribution in [0.5, 0.6) is 5.75 Å². The molecule has 0 radical (unpaired) electrons. The lowest BCUT2D eigenvalue weighted by molar-refractivity contribution is 0.316. The summed E-state index contributed by atoms with van der Waals surface area (Å²) in [6, 6.07) is 16.6. The Bertz CT molecular complexity index is 941. The van der Waals surface area contributed by atoms with Gasteiger partial charge < -0.3 is 9.30 Å². The number of rotatable bonds is 8. The summed E-state index contributed by atoms with van der Waals surface area (Å²) in [6.45, 7) is 3.95. The summed E-state index contributed by atoms with van der Waals surface area (Å²) in [5.74, 6) is 2.71. The highest BCUT2D eigenvalue weighted by atomic mass is 79.9. The summed E-state index contributed by atoms with van der Waals surface area (Å²) in [5, 5.41) is 10.1. The van der Waals surface area contributed by atoms with Crippen LogP contribution in [-0.4, -0.2) is 39.9 Å². The highest BCUT2D eigenvalue weighted by Gasteiger charge is 2.19. The van der Waals surface area contributed by atoms with Crippen molar-refractivity contribution in [2.75, 3.05) is 20.2 Å².